The molecule has 0 amide bonds. The Morgan fingerprint density at radius 1 is 0.905 bits per heavy atom. The average Bonchev–Trinajstić information content (AvgIpc) is 3.02. The SMILES string of the molecule is CC1(C)O[C@H]2[C@@H](O1)[C@@H](c1nn[nH]n1)O[C@@H]1OC(C)(C)O[C@@H]12. The summed E-state index contributed by atoms with van der Waals surface area (Å²) in [5.41, 5.74) is 0. The minimum atomic E-state index is -0.734. The normalized spacial score (nSPS) is 43.5. The summed E-state index contributed by atoms with van der Waals surface area (Å²) in [4.78, 5) is 0. The van der Waals surface area contributed by atoms with Crippen LogP contribution in [0.3, 0.4) is 0 Å². The van der Waals surface area contributed by atoms with E-state index >= 15 is 0 Å². The maximum Gasteiger partial charge on any atom is 0.206 e. The van der Waals surface area contributed by atoms with Crippen LogP contribution in [0.5, 0.6) is 0 Å². The van der Waals surface area contributed by atoms with Crippen molar-refractivity contribution in [2.24, 2.45) is 0 Å². The number of fused-ring (bicyclic) bond motifs is 3. The molecule has 1 aromatic heterocycles. The van der Waals surface area contributed by atoms with Crippen LogP contribution in [0.4, 0.5) is 0 Å². The minimum Gasteiger partial charge on any atom is -0.342 e. The lowest BCUT2D eigenvalue weighted by molar-refractivity contribution is -0.238. The maximum absolute atomic E-state index is 5.99. The van der Waals surface area contributed by atoms with Gasteiger partial charge in [-0.1, -0.05) is 5.21 Å². The third kappa shape index (κ3) is 2.16. The van der Waals surface area contributed by atoms with E-state index in [1.807, 2.05) is 27.7 Å². The van der Waals surface area contributed by atoms with Crippen molar-refractivity contribution in [1.29, 1.82) is 0 Å². The Kier molecular flexibility index (Phi) is 2.71. The summed E-state index contributed by atoms with van der Waals surface area (Å²) in [5, 5.41) is 14.0. The first kappa shape index (κ1) is 13.5. The van der Waals surface area contributed by atoms with Gasteiger partial charge < -0.3 is 23.7 Å². The molecule has 1 aromatic rings. The van der Waals surface area contributed by atoms with Gasteiger partial charge in [0, 0.05) is 0 Å². The number of nitrogens with one attached hydrogen (secondary N) is 1. The summed E-state index contributed by atoms with van der Waals surface area (Å²) in [6.45, 7) is 7.39. The van der Waals surface area contributed by atoms with Gasteiger partial charge in [0.15, 0.2) is 24.0 Å². The Balaban J connectivity index is 1.69. The molecule has 21 heavy (non-hydrogen) atoms. The standard InChI is InChI=1S/C12H18N4O5/c1-11(2)18-5-6(19-11)8-10(21-12(3,4)20-8)17-7(5)9-13-15-16-14-9/h5-8,10H,1-4H3,(H,13,14,15,16)/t5-,6+,7+,8-,10-/m1/s1. The van der Waals surface area contributed by atoms with Crippen molar-refractivity contribution < 1.29 is 23.7 Å². The van der Waals surface area contributed by atoms with Crippen molar-refractivity contribution in [3.05, 3.63) is 5.82 Å². The van der Waals surface area contributed by atoms with Crippen molar-refractivity contribution in [2.45, 2.75) is 70.0 Å². The summed E-state index contributed by atoms with van der Waals surface area (Å²) in [6.07, 6.45) is -2.12. The van der Waals surface area contributed by atoms with E-state index in [1.165, 1.54) is 0 Å². The van der Waals surface area contributed by atoms with Gasteiger partial charge in [-0.05, 0) is 27.7 Å². The van der Waals surface area contributed by atoms with Crippen molar-refractivity contribution >= 4 is 0 Å². The lowest BCUT2D eigenvalue weighted by Crippen LogP contribution is -2.51. The van der Waals surface area contributed by atoms with E-state index < -0.39 is 24.0 Å². The second-order valence-corrected chi connectivity index (χ2v) is 6.36. The molecule has 4 rings (SSSR count). The van der Waals surface area contributed by atoms with Gasteiger partial charge in [0.1, 0.15) is 18.3 Å². The molecule has 9 heteroatoms. The largest absolute Gasteiger partial charge is 0.342 e. The van der Waals surface area contributed by atoms with E-state index in [1.54, 1.807) is 0 Å². The number of hydrogen-bond donors (Lipinski definition) is 1. The Labute approximate surface area is 121 Å². The van der Waals surface area contributed by atoms with E-state index in [9.17, 15) is 0 Å². The summed E-state index contributed by atoms with van der Waals surface area (Å²) >= 11 is 0. The monoisotopic (exact) mass is 298 g/mol. The van der Waals surface area contributed by atoms with Crippen molar-refractivity contribution in [2.75, 3.05) is 0 Å². The van der Waals surface area contributed by atoms with Crippen molar-refractivity contribution in [3.8, 4) is 0 Å². The summed E-state index contributed by atoms with van der Waals surface area (Å²) in [6, 6.07) is 0. The predicted octanol–water partition coefficient (Wildman–Crippen LogP) is 0.269. The van der Waals surface area contributed by atoms with Gasteiger partial charge in [-0.3, -0.25) is 0 Å². The van der Waals surface area contributed by atoms with Crippen LogP contribution in [0.25, 0.3) is 0 Å². The Morgan fingerprint density at radius 2 is 1.57 bits per heavy atom. The first-order valence-corrected chi connectivity index (χ1v) is 6.95. The van der Waals surface area contributed by atoms with Gasteiger partial charge in [0.2, 0.25) is 5.82 Å². The highest BCUT2D eigenvalue weighted by Crippen LogP contribution is 2.47. The van der Waals surface area contributed by atoms with E-state index in [0.717, 1.165) is 0 Å². The second-order valence-electron chi connectivity index (χ2n) is 6.36. The van der Waals surface area contributed by atoms with Crippen LogP contribution in [0.1, 0.15) is 39.6 Å². The van der Waals surface area contributed by atoms with Gasteiger partial charge in [0.25, 0.3) is 0 Å². The van der Waals surface area contributed by atoms with Crippen LogP contribution >= 0.6 is 0 Å². The fraction of sp³-hybridized carbons (Fsp3) is 0.917. The second kappa shape index (κ2) is 4.20. The fourth-order valence-electron chi connectivity index (χ4n) is 3.11. The van der Waals surface area contributed by atoms with Crippen molar-refractivity contribution in [3.63, 3.8) is 0 Å². The fourth-order valence-corrected chi connectivity index (χ4v) is 3.11. The molecule has 0 radical (unpaired) electrons. The quantitative estimate of drug-likeness (QED) is 0.788. The highest BCUT2D eigenvalue weighted by molar-refractivity contribution is 5.05. The predicted molar refractivity (Wildman–Crippen MR) is 65.7 cm³/mol. The van der Waals surface area contributed by atoms with Gasteiger partial charge >= 0.3 is 0 Å². The third-order valence-electron chi connectivity index (χ3n) is 3.77. The smallest absolute Gasteiger partial charge is 0.206 e. The van der Waals surface area contributed by atoms with Crippen LogP contribution in [-0.2, 0) is 23.7 Å². The molecule has 0 bridgehead atoms. The Hall–Kier alpha value is -1.13. The van der Waals surface area contributed by atoms with Gasteiger partial charge in [0.05, 0.1) is 0 Å². The molecule has 3 aliphatic rings. The van der Waals surface area contributed by atoms with E-state index in [-0.39, 0.29) is 18.3 Å². The highest BCUT2D eigenvalue weighted by Gasteiger charge is 2.61. The zero-order valence-electron chi connectivity index (χ0n) is 12.3. The Bertz CT molecular complexity index is 534. The lowest BCUT2D eigenvalue weighted by Gasteiger charge is -2.35. The molecule has 0 aliphatic carbocycles. The van der Waals surface area contributed by atoms with E-state index in [4.69, 9.17) is 23.7 Å². The summed E-state index contributed by atoms with van der Waals surface area (Å²) in [5.74, 6) is -1.05. The lowest BCUT2D eigenvalue weighted by atomic mass is 9.98. The van der Waals surface area contributed by atoms with Gasteiger partial charge in [-0.2, -0.15) is 5.21 Å². The summed E-state index contributed by atoms with van der Waals surface area (Å²) < 4.78 is 29.6. The van der Waals surface area contributed by atoms with Crippen LogP contribution in [0.15, 0.2) is 0 Å². The molecule has 3 saturated heterocycles. The van der Waals surface area contributed by atoms with Crippen LogP contribution < -0.4 is 0 Å². The minimum absolute atomic E-state index is 0.316. The molecule has 5 atom stereocenters. The first-order valence-electron chi connectivity index (χ1n) is 6.95. The number of aromatic nitrogens is 4. The number of rotatable bonds is 1. The van der Waals surface area contributed by atoms with Gasteiger partial charge in [-0.15, -0.1) is 10.2 Å². The van der Waals surface area contributed by atoms with E-state index in [2.05, 4.69) is 20.6 Å². The van der Waals surface area contributed by atoms with Crippen molar-refractivity contribution in [1.82, 2.24) is 20.6 Å². The number of H-pyrrole nitrogens is 1. The molecule has 116 valence electrons. The molecule has 4 heterocycles. The highest BCUT2D eigenvalue weighted by atomic mass is 16.9. The molecule has 0 aromatic carbocycles. The third-order valence-corrected chi connectivity index (χ3v) is 3.77. The molecular formula is C12H18N4O5. The van der Waals surface area contributed by atoms with Gasteiger partial charge in [-0.25, -0.2) is 0 Å². The molecular weight excluding hydrogens is 280 g/mol. The molecule has 0 spiro atoms. The van der Waals surface area contributed by atoms with Crippen LogP contribution in [0, 0.1) is 0 Å². The number of nitrogens with zero attached hydrogens (tertiary/aromatic N) is 3. The van der Waals surface area contributed by atoms with E-state index in [0.29, 0.717) is 5.82 Å². The summed E-state index contributed by atoms with van der Waals surface area (Å²) in [7, 11) is 0. The first-order chi connectivity index (χ1) is 9.85. The molecule has 3 fully saturated rings. The topological polar surface area (TPSA) is 101 Å². The molecule has 0 unspecified atom stereocenters. The molecule has 3 aliphatic heterocycles. The Morgan fingerprint density at radius 3 is 2.29 bits per heavy atom. The maximum atomic E-state index is 5.99. The zero-order valence-corrected chi connectivity index (χ0v) is 12.3. The molecule has 1 N–H and O–H groups in total. The molecule has 9 nitrogen and oxygen atoms in total. The average molecular weight is 298 g/mol. The van der Waals surface area contributed by atoms with Crippen LogP contribution in [-0.4, -0.2) is 56.8 Å². The zero-order chi connectivity index (χ0) is 14.8. The number of tetrazole rings is 1. The van der Waals surface area contributed by atoms with Crippen LogP contribution in [0.2, 0.25) is 0 Å². The number of ether oxygens (including phenoxy) is 5. The number of aromatic amines is 1. The number of hydrogen-bond acceptors (Lipinski definition) is 8. The molecule has 0 saturated carbocycles.